The van der Waals surface area contributed by atoms with Crippen LogP contribution in [0.3, 0.4) is 0 Å². The third-order valence-corrected chi connectivity index (χ3v) is 19.0. The van der Waals surface area contributed by atoms with E-state index < -0.39 is 74.9 Å². The molecule has 7 aliphatic rings. The van der Waals surface area contributed by atoms with Crippen molar-refractivity contribution in [2.75, 3.05) is 47.5 Å². The second kappa shape index (κ2) is 81.2. The number of halogens is 16. The molecule has 11 rings (SSSR count). The second-order valence-corrected chi connectivity index (χ2v) is 52.0. The molecule has 0 bridgehead atoms. The van der Waals surface area contributed by atoms with Crippen molar-refractivity contribution in [3.63, 3.8) is 0 Å². The van der Waals surface area contributed by atoms with Gasteiger partial charge >= 0.3 is 221 Å². The number of hydrogen-bond acceptors (Lipinski definition) is 32. The van der Waals surface area contributed by atoms with E-state index in [1.165, 1.54) is 46.3 Å². The molecule has 0 saturated heterocycles. The monoisotopic (exact) mass is 2840 g/mol. The summed E-state index contributed by atoms with van der Waals surface area (Å²) in [5.41, 5.74) is 11.3. The van der Waals surface area contributed by atoms with Crippen molar-refractivity contribution < 1.29 is 223 Å². The number of hydrogen-bond donors (Lipinski definition) is 5. The molecule has 7 N–H and O–H groups in total. The van der Waals surface area contributed by atoms with Crippen LogP contribution < -0.4 is 144 Å². The molecule has 2 aliphatic heterocycles. The van der Waals surface area contributed by atoms with E-state index in [1.54, 1.807) is 56.1 Å². The van der Waals surface area contributed by atoms with Crippen LogP contribution in [0.5, 0.6) is 0 Å². The number of ether oxygens (including phenoxy) is 2. The quantitative estimate of drug-likeness (QED) is 0.00494. The molecule has 0 aromatic carbocycles. The van der Waals surface area contributed by atoms with Gasteiger partial charge in [0, 0.05) is 138 Å². The van der Waals surface area contributed by atoms with Gasteiger partial charge < -0.3 is 67.6 Å². The summed E-state index contributed by atoms with van der Waals surface area (Å²) >= 11 is 35.2. The number of likely N-dealkylation sites (N-methyl/N-ethyl adjacent to an activating group) is 1. The van der Waals surface area contributed by atoms with Gasteiger partial charge in [0.1, 0.15) is 60.5 Å². The Morgan fingerprint density at radius 2 is 1.14 bits per heavy atom. The zero-order valence-electron chi connectivity index (χ0n) is 69.5. The number of carboxylic acid groups (broad SMARTS) is 1. The number of nitrogens with two attached hydrogens (primary N) is 2. The molecular weight excluding hydrogens is 2740 g/mol. The minimum atomic E-state index is -1.82. The molecule has 4 aromatic heterocycles. The molecule has 57 heteroatoms. The molecule has 0 spiro atoms. The van der Waals surface area contributed by atoms with Gasteiger partial charge in [-0.2, -0.15) is 15.0 Å². The fourth-order valence-corrected chi connectivity index (χ4v) is 11.7. The Morgan fingerprint density at radius 1 is 0.734 bits per heavy atom. The molecule has 701 valence electrons. The van der Waals surface area contributed by atoms with Crippen LogP contribution >= 0.6 is 210 Å². The zero-order chi connectivity index (χ0) is 91.4. The number of methoxy groups -OCH3 is 2. The molecule has 1 amide bonds. The van der Waals surface area contributed by atoms with Crippen molar-refractivity contribution in [2.24, 2.45) is 11.5 Å². The van der Waals surface area contributed by atoms with Gasteiger partial charge in [-0.1, -0.05) is 67.0 Å². The number of aliphatic hydroxyl groups is 1. The molecule has 5 aliphatic carbocycles. The summed E-state index contributed by atoms with van der Waals surface area (Å²) in [6.07, 6.45) is 25.9. The summed E-state index contributed by atoms with van der Waals surface area (Å²) < 4.78 is 39.8. The van der Waals surface area contributed by atoms with E-state index in [0.717, 1.165) is 119 Å². The number of nitrogens with zero attached hydrogens (tertiary/aromatic N) is 14. The van der Waals surface area contributed by atoms with Gasteiger partial charge in [-0.3, -0.25) is 53.8 Å². The number of nitrogens with one attached hydrogen (secondary N) is 1. The second-order valence-electron chi connectivity index (χ2n) is 25.1. The Hall–Kier alpha value is 2.21. The summed E-state index contributed by atoms with van der Waals surface area (Å²) in [5.74, 6) is 0.801. The van der Waals surface area contributed by atoms with Crippen LogP contribution in [0.15, 0.2) is 24.8 Å². The van der Waals surface area contributed by atoms with Crippen LogP contribution in [-0.4, -0.2) is 200 Å². The first-order chi connectivity index (χ1) is 56.3. The Bertz CT molecular complexity index is 3830. The number of aromatic nitrogens is 8. The molecule has 0 radical (unpaired) electrons. The molecule has 36 nitrogen and oxygen atoms in total. The summed E-state index contributed by atoms with van der Waals surface area (Å²) in [4.78, 5) is 148. The maximum absolute atomic E-state index is 12.5. The third-order valence-electron chi connectivity index (χ3n) is 18.0. The first-order valence-electron chi connectivity index (χ1n) is 36.0. The predicted octanol–water partition coefficient (Wildman–Crippen LogP) is 10.6. The van der Waals surface area contributed by atoms with Crippen molar-refractivity contribution in [3.8, 4) is 0 Å². The number of rotatable bonds is 21. The van der Waals surface area contributed by atoms with E-state index in [9.17, 15) is 60.1 Å². The standard InChI is InChI=1S/C13H17ClN4O4.C13H17ClN4O.C13H16ClN3O.C9H17NO2.C5H11NO2.C4HCl2N3O2.C4H9NO2.C4H6O.CH2O3.CH4.Cl2OS.FI3.FH.Fe.I2.2HI.2K.V.H/c1-3-9(12(19)22-2)17(8-5-4-6-8)11-10(18(20)21)7-15-13(14)16-11;1-3-9-12(19)17(2)10-7-15-13(14)16-11(10)18(9)8-5-4-6-8;1-2-10-11(18)6-8-7-15-13(14)16-12(8)17(10)9-4-3-5-9;1-2-8(9(12)6-11)10-7-4-3-5-7;1-3-4(6)5(7)8-2;5-3-2(9(10)11)1-7-4(6)8-3;1-2-3(5)4(6)7;5-4-2-1-3-4;2-1-4-3;;2*1-4(2)3;;;1-2;;;;;;/h7-9H,3-6H2,1-2H3;7-9H,3-6H2,1-2H3;7,9-10H,2-6H2,1H3;7-8,10-11H,2-6H2,1H3;4H,3,6H2,1-2H3;1H;3H,2,5H2,1H3,(H,6,7);1-3H2;1,3H;1H4;;;1H;;;2*1H;;;;/q;;;;;;;;;;;;;;;;;2*+1;+2;-1/p-3/t2*9-;10-;8-;4-;;3-;;;;;;;;;;;;;;/m11111.1............../s1. The van der Waals surface area contributed by atoms with Crippen molar-refractivity contribution in [1.29, 1.82) is 0 Å². The van der Waals surface area contributed by atoms with Gasteiger partial charge in [-0.25, -0.2) is 33.9 Å². The van der Waals surface area contributed by atoms with E-state index in [0.29, 0.717) is 49.6 Å². The fourth-order valence-electron chi connectivity index (χ4n) is 10.9. The number of Topliss-reactive ketones (excluding diaryl/α,β-unsaturated/α-hetero) is 3. The van der Waals surface area contributed by atoms with E-state index in [-0.39, 0.29) is 257 Å². The smallest absolute Gasteiger partial charge is 1.00 e. The van der Waals surface area contributed by atoms with Crippen LogP contribution in [0.2, 0.25) is 26.3 Å². The number of amides is 1. The van der Waals surface area contributed by atoms with Gasteiger partial charge in [0.05, 0.1) is 42.3 Å². The van der Waals surface area contributed by atoms with Gasteiger partial charge in [0.2, 0.25) is 47.2 Å². The summed E-state index contributed by atoms with van der Waals surface area (Å²) in [5, 5.41) is 49.8. The van der Waals surface area contributed by atoms with Crippen molar-refractivity contribution in [2.45, 2.75) is 251 Å². The minimum absolute atomic E-state index is 0. The minimum Gasteiger partial charge on any atom is -1.00 e. The number of esters is 2. The van der Waals surface area contributed by atoms with Crippen molar-refractivity contribution >= 4 is 302 Å². The number of carboxylic acids is 1. The first-order valence-corrected chi connectivity index (χ1v) is 65.4. The average molecular weight is 2840 g/mol. The van der Waals surface area contributed by atoms with Crippen LogP contribution in [0.4, 0.5) is 40.8 Å². The van der Waals surface area contributed by atoms with Crippen LogP contribution in [-0.2, 0) is 98.8 Å². The zero-order valence-corrected chi connectivity index (χ0v) is 98.6. The van der Waals surface area contributed by atoms with Crippen LogP contribution in [0.1, 0.15) is 191 Å². The molecule has 6 heterocycles. The summed E-state index contributed by atoms with van der Waals surface area (Å²) in [7, 11) is 11.8. The van der Waals surface area contributed by atoms with Gasteiger partial charge in [0.25, 0.3) is 6.47 Å². The van der Waals surface area contributed by atoms with Crippen LogP contribution in [0, 0.1) is 20.2 Å². The Morgan fingerprint density at radius 3 is 1.45 bits per heavy atom. The maximum atomic E-state index is 12.5. The normalized spacial score (nSPS) is 16.1. The van der Waals surface area contributed by atoms with Gasteiger partial charge in [0.15, 0.2) is 17.4 Å². The number of aliphatic carboxylic acids is 1. The molecule has 0 unspecified atom stereocenters. The Kier molecular flexibility index (Phi) is 91.2. The van der Waals surface area contributed by atoms with Gasteiger partial charge in [-0.15, -0.1) is 24.0 Å². The van der Waals surface area contributed by atoms with E-state index in [4.69, 9.17) is 98.7 Å². The van der Waals surface area contributed by atoms with Crippen molar-refractivity contribution in [1.82, 2.24) is 45.2 Å². The predicted molar refractivity (Wildman–Crippen MR) is 522 cm³/mol. The number of ketones is 3. The SMILES string of the molecule is C.CC[C@@H](N)C(=O)O.CC[C@@H](N)C(=O)OC.CC[C@@H](NC1CCC1)C(=O)CO.CC[C@@H]1C(=O)Cc2cnc(Cl)nc2N1C1CCC1.CC[C@@H]1C(=O)N(C)c2cnc(Cl)nc2N1C1CCC1.CC[C@H](C(=O)OC)N(c1nc(Cl)ncc1[N+](=O)[O-])C1CCC1.FI(I)I.I.II.O=C1CCC1.O=CO[O-].O=S(Cl)Cl.O=[N+]([O-])c1cnc(Cl)nc1Cl.[F][V][I].[Fe].[H-].[K+].[K+]. The fraction of sp³-hybridized carbons (Fsp3) is 0.642. The molecule has 4 aromatic rings. The molecular formula is C67H101Cl7F2FeI7K2N17O19SV. The molecule has 5 saturated carbocycles. The number of aliphatic hydroxyl groups excluding tert-OH is 1. The molecule has 124 heavy (non-hydrogen) atoms. The van der Waals surface area contributed by atoms with E-state index >= 15 is 0 Å². The first kappa shape index (κ1) is 139. The van der Waals surface area contributed by atoms with Crippen LogP contribution in [0.25, 0.3) is 0 Å². The van der Waals surface area contributed by atoms with E-state index in [1.807, 2.05) is 64.9 Å². The van der Waals surface area contributed by atoms with Gasteiger partial charge in [-0.05, 0) is 162 Å². The molecule has 6 atom stereocenters. The number of fused-ring (bicyclic) bond motifs is 2. The number of anilines is 4. The third kappa shape index (κ3) is 53.8. The maximum Gasteiger partial charge on any atom is 1.00 e. The number of carbonyl (C=O) groups excluding carboxylic acids is 7. The Balaban J connectivity index is -0.000000207. The van der Waals surface area contributed by atoms with E-state index in [2.05, 4.69) is 130 Å². The Labute approximate surface area is 940 Å². The molecule has 5 fully saturated rings. The topological polar surface area (TPSA) is 511 Å². The average Bonchev–Trinajstić information content (AvgIpc) is 0.752. The summed E-state index contributed by atoms with van der Waals surface area (Å²) in [6, 6.07) is -0.668. The summed E-state index contributed by atoms with van der Waals surface area (Å²) in [6.45, 7) is 10.9. The number of carbonyl (C=O) groups is 8. The largest absolute Gasteiger partial charge is 1.00 e. The van der Waals surface area contributed by atoms with Crippen molar-refractivity contribution in [3.05, 3.63) is 76.9 Å². The number of nitro groups is 2.